The Labute approximate surface area is 52.2 Å². The van der Waals surface area contributed by atoms with Crippen molar-refractivity contribution in [2.24, 2.45) is 5.29 Å². The molecule has 0 bridgehead atoms. The van der Waals surface area contributed by atoms with Crippen LogP contribution in [0.5, 0.6) is 0 Å². The number of aliphatic carboxylic acids is 1. The highest BCUT2D eigenvalue weighted by Gasteiger charge is 2.15. The summed E-state index contributed by atoms with van der Waals surface area (Å²) in [6.07, 6.45) is 0. The number of carboxylic acid groups (broad SMARTS) is 1. The molecular weight excluding hydrogens is 124 g/mol. The highest BCUT2D eigenvalue weighted by molar-refractivity contribution is 5.72. The first-order valence-corrected chi connectivity index (χ1v) is 2.38. The van der Waals surface area contributed by atoms with Gasteiger partial charge in [0.1, 0.15) is 6.04 Å². The lowest BCUT2D eigenvalue weighted by molar-refractivity contribution is -0.142. The summed E-state index contributed by atoms with van der Waals surface area (Å²) in [5, 5.41) is 11.5. The summed E-state index contributed by atoms with van der Waals surface area (Å²) in [5.74, 6) is -1.06. The molecule has 1 atom stereocenters. The van der Waals surface area contributed by atoms with Crippen molar-refractivity contribution in [1.29, 1.82) is 0 Å². The largest absolute Gasteiger partial charge is 0.480 e. The number of nitrogens with zero attached hydrogens (tertiary/aromatic N) is 2. The van der Waals surface area contributed by atoms with E-state index in [0.717, 1.165) is 5.01 Å². The van der Waals surface area contributed by atoms with Crippen molar-refractivity contribution in [2.45, 2.75) is 13.0 Å². The molecule has 0 aromatic heterocycles. The molecule has 0 heterocycles. The molecule has 0 aromatic rings. The second-order valence-corrected chi connectivity index (χ2v) is 1.67. The minimum Gasteiger partial charge on any atom is -0.480 e. The second-order valence-electron chi connectivity index (χ2n) is 1.67. The van der Waals surface area contributed by atoms with E-state index in [1.54, 1.807) is 0 Å². The van der Waals surface area contributed by atoms with Gasteiger partial charge in [-0.05, 0) is 6.92 Å². The van der Waals surface area contributed by atoms with Crippen LogP contribution < -0.4 is 0 Å². The number of carboxylic acids is 1. The standard InChI is InChI=1S/C4H8N2O3/c1-3(4(7)8)6(2)5-9/h3H,1-2H3,(H,7,8). The van der Waals surface area contributed by atoms with Gasteiger partial charge in [-0.3, -0.25) is 0 Å². The van der Waals surface area contributed by atoms with Crippen LogP contribution in [-0.2, 0) is 4.79 Å². The number of likely N-dealkylation sites (N-methyl/N-ethyl adjacent to an activating group) is 1. The minimum absolute atomic E-state index is 0.836. The van der Waals surface area contributed by atoms with Crippen LogP contribution in [-0.4, -0.2) is 29.2 Å². The zero-order valence-corrected chi connectivity index (χ0v) is 5.24. The van der Waals surface area contributed by atoms with Gasteiger partial charge in [-0.1, -0.05) is 0 Å². The molecule has 9 heavy (non-hydrogen) atoms. The summed E-state index contributed by atoms with van der Waals surface area (Å²) in [5.41, 5.74) is 0. The number of hydrogen-bond donors (Lipinski definition) is 1. The summed E-state index contributed by atoms with van der Waals surface area (Å²) < 4.78 is 0. The molecule has 1 unspecified atom stereocenters. The highest BCUT2D eigenvalue weighted by atomic mass is 16.4. The van der Waals surface area contributed by atoms with Gasteiger partial charge >= 0.3 is 5.97 Å². The number of rotatable bonds is 3. The van der Waals surface area contributed by atoms with Crippen molar-refractivity contribution in [1.82, 2.24) is 5.01 Å². The first-order chi connectivity index (χ1) is 4.09. The number of carbonyl (C=O) groups is 1. The molecule has 0 rings (SSSR count). The predicted octanol–water partition coefficient (Wildman–Crippen LogP) is 0.0727. The Hall–Kier alpha value is -1.13. The second kappa shape index (κ2) is 3.01. The summed E-state index contributed by atoms with van der Waals surface area (Å²) in [7, 11) is 1.31. The fraction of sp³-hybridized carbons (Fsp3) is 0.750. The third kappa shape index (κ3) is 2.07. The molecule has 0 saturated heterocycles. The van der Waals surface area contributed by atoms with Gasteiger partial charge in [-0.15, -0.1) is 4.91 Å². The van der Waals surface area contributed by atoms with Gasteiger partial charge in [0.05, 0.1) is 5.29 Å². The molecule has 0 spiro atoms. The van der Waals surface area contributed by atoms with E-state index in [1.165, 1.54) is 14.0 Å². The van der Waals surface area contributed by atoms with Crippen LogP contribution in [0, 0.1) is 4.91 Å². The molecule has 0 aromatic carbocycles. The van der Waals surface area contributed by atoms with Crippen molar-refractivity contribution in [3.8, 4) is 0 Å². The van der Waals surface area contributed by atoms with Crippen LogP contribution in [0.4, 0.5) is 0 Å². The maximum Gasteiger partial charge on any atom is 0.327 e. The maximum atomic E-state index is 10.1. The van der Waals surface area contributed by atoms with E-state index in [0.29, 0.717) is 0 Å². The normalized spacial score (nSPS) is 12.2. The molecule has 5 nitrogen and oxygen atoms in total. The zero-order chi connectivity index (χ0) is 7.44. The number of hydrogen-bond acceptors (Lipinski definition) is 3. The minimum atomic E-state index is -1.06. The monoisotopic (exact) mass is 132 g/mol. The van der Waals surface area contributed by atoms with E-state index in [9.17, 15) is 9.70 Å². The molecule has 0 fully saturated rings. The highest BCUT2D eigenvalue weighted by Crippen LogP contribution is 1.93. The lowest BCUT2D eigenvalue weighted by Gasteiger charge is -2.11. The summed E-state index contributed by atoms with van der Waals surface area (Å²) >= 11 is 0. The lowest BCUT2D eigenvalue weighted by Crippen LogP contribution is -2.31. The van der Waals surface area contributed by atoms with E-state index in [4.69, 9.17) is 5.11 Å². The Morgan fingerprint density at radius 2 is 2.22 bits per heavy atom. The van der Waals surface area contributed by atoms with E-state index < -0.39 is 12.0 Å². The number of nitroso groups, excluding NO2 is 1. The first-order valence-electron chi connectivity index (χ1n) is 2.38. The van der Waals surface area contributed by atoms with E-state index in [2.05, 4.69) is 5.29 Å². The zero-order valence-electron chi connectivity index (χ0n) is 5.24. The molecule has 1 N–H and O–H groups in total. The van der Waals surface area contributed by atoms with Gasteiger partial charge in [0, 0.05) is 7.05 Å². The van der Waals surface area contributed by atoms with Crippen molar-refractivity contribution in [2.75, 3.05) is 7.05 Å². The van der Waals surface area contributed by atoms with Crippen LogP contribution in [0.15, 0.2) is 5.29 Å². The first kappa shape index (κ1) is 7.87. The topological polar surface area (TPSA) is 70.0 Å². The third-order valence-electron chi connectivity index (χ3n) is 1.05. The van der Waals surface area contributed by atoms with E-state index in [-0.39, 0.29) is 0 Å². The lowest BCUT2D eigenvalue weighted by atomic mass is 10.3. The van der Waals surface area contributed by atoms with Gasteiger partial charge in [0.15, 0.2) is 0 Å². The smallest absolute Gasteiger partial charge is 0.327 e. The SMILES string of the molecule is CC(C(=O)O)N(C)N=O. The Morgan fingerprint density at radius 3 is 2.33 bits per heavy atom. The van der Waals surface area contributed by atoms with Gasteiger partial charge in [-0.2, -0.15) is 0 Å². The van der Waals surface area contributed by atoms with Crippen LogP contribution >= 0.6 is 0 Å². The molecule has 0 saturated carbocycles. The van der Waals surface area contributed by atoms with Crippen LogP contribution in [0.1, 0.15) is 6.92 Å². The molecule has 0 aliphatic rings. The Balaban J connectivity index is 3.86. The quantitative estimate of drug-likeness (QED) is 0.436. The van der Waals surface area contributed by atoms with Crippen molar-refractivity contribution in [3.63, 3.8) is 0 Å². The molecule has 5 heteroatoms. The molecule has 0 radical (unpaired) electrons. The molecule has 0 aliphatic carbocycles. The van der Waals surface area contributed by atoms with Crippen LogP contribution in [0.3, 0.4) is 0 Å². The fourth-order valence-electron chi connectivity index (χ4n) is 0.231. The molecule has 52 valence electrons. The van der Waals surface area contributed by atoms with Gasteiger partial charge in [-0.25, -0.2) is 9.80 Å². The Bertz CT molecular complexity index is 125. The van der Waals surface area contributed by atoms with Crippen molar-refractivity contribution < 1.29 is 9.90 Å². The third-order valence-corrected chi connectivity index (χ3v) is 1.05. The Morgan fingerprint density at radius 1 is 1.78 bits per heavy atom. The summed E-state index contributed by atoms with van der Waals surface area (Å²) in [4.78, 5) is 19.7. The summed E-state index contributed by atoms with van der Waals surface area (Å²) in [6, 6.07) is -0.845. The maximum absolute atomic E-state index is 10.1. The molecule has 0 aliphatic heterocycles. The van der Waals surface area contributed by atoms with Crippen LogP contribution in [0.2, 0.25) is 0 Å². The van der Waals surface area contributed by atoms with Gasteiger partial charge in [0.25, 0.3) is 0 Å². The fourth-order valence-corrected chi connectivity index (χ4v) is 0.231. The van der Waals surface area contributed by atoms with Crippen molar-refractivity contribution in [3.05, 3.63) is 4.91 Å². The average Bonchev–Trinajstić information content (AvgIpc) is 1.84. The average molecular weight is 132 g/mol. The van der Waals surface area contributed by atoms with E-state index >= 15 is 0 Å². The summed E-state index contributed by atoms with van der Waals surface area (Å²) in [6.45, 7) is 1.38. The van der Waals surface area contributed by atoms with Gasteiger partial charge < -0.3 is 5.11 Å². The van der Waals surface area contributed by atoms with Gasteiger partial charge in [0.2, 0.25) is 0 Å². The Kier molecular flexibility index (Phi) is 2.63. The van der Waals surface area contributed by atoms with Crippen LogP contribution in [0.25, 0.3) is 0 Å². The van der Waals surface area contributed by atoms with E-state index in [1.807, 2.05) is 0 Å². The van der Waals surface area contributed by atoms with Crippen molar-refractivity contribution >= 4 is 5.97 Å². The predicted molar refractivity (Wildman–Crippen MR) is 30.7 cm³/mol. The molecular formula is C4H8N2O3. The molecule has 0 amide bonds.